The van der Waals surface area contributed by atoms with Crippen LogP contribution >= 0.6 is 0 Å². The van der Waals surface area contributed by atoms with Crippen LogP contribution in [0.25, 0.3) is 0 Å². The Bertz CT molecular complexity index is 488. The van der Waals surface area contributed by atoms with Crippen LogP contribution in [0.5, 0.6) is 0 Å². The first-order chi connectivity index (χ1) is 9.01. The van der Waals surface area contributed by atoms with Gasteiger partial charge in [0, 0.05) is 6.54 Å². The quantitative estimate of drug-likeness (QED) is 0.336. The third kappa shape index (κ3) is 2.88. The Labute approximate surface area is 109 Å². The molecule has 1 aliphatic carbocycles. The Hall–Kier alpha value is -2.00. The maximum Gasteiger partial charge on any atom is 0.332 e. The number of nitrogens with zero attached hydrogens (tertiary/aromatic N) is 3. The number of hydrazine groups is 1. The van der Waals surface area contributed by atoms with E-state index in [1.165, 1.54) is 6.92 Å². The topological polar surface area (TPSA) is 139 Å². The minimum atomic E-state index is -0.520. The van der Waals surface area contributed by atoms with Gasteiger partial charge in [0.25, 0.3) is 0 Å². The van der Waals surface area contributed by atoms with Gasteiger partial charge in [-0.3, -0.25) is 15.5 Å². The predicted octanol–water partition coefficient (Wildman–Crippen LogP) is 0.162. The number of aliphatic hydroxyl groups is 1. The van der Waals surface area contributed by atoms with Gasteiger partial charge >= 0.3 is 5.69 Å². The number of hydrogen-bond acceptors (Lipinski definition) is 8. The van der Waals surface area contributed by atoms with Crippen LogP contribution in [0, 0.1) is 23.0 Å². The van der Waals surface area contributed by atoms with Crippen molar-refractivity contribution in [1.29, 1.82) is 0 Å². The summed E-state index contributed by atoms with van der Waals surface area (Å²) in [6, 6.07) is 0. The molecular formula is C10H16N6O3. The van der Waals surface area contributed by atoms with Crippen molar-refractivity contribution in [1.82, 2.24) is 9.97 Å². The highest BCUT2D eigenvalue weighted by atomic mass is 16.6. The molecule has 0 radical (unpaired) electrons. The van der Waals surface area contributed by atoms with Gasteiger partial charge in [-0.1, -0.05) is 0 Å². The Morgan fingerprint density at radius 2 is 2.21 bits per heavy atom. The summed E-state index contributed by atoms with van der Waals surface area (Å²) in [6.07, 6.45) is 1.15. The van der Waals surface area contributed by atoms with E-state index in [1.54, 1.807) is 0 Å². The molecule has 1 heterocycles. The molecule has 1 fully saturated rings. The summed E-state index contributed by atoms with van der Waals surface area (Å²) in [6.45, 7) is 2.05. The van der Waals surface area contributed by atoms with Gasteiger partial charge in [-0.2, -0.15) is 4.98 Å². The number of nitrogens with two attached hydrogens (primary N) is 1. The van der Waals surface area contributed by atoms with Crippen molar-refractivity contribution in [3.05, 3.63) is 15.8 Å². The summed E-state index contributed by atoms with van der Waals surface area (Å²) >= 11 is 0. The second-order valence-corrected chi connectivity index (χ2v) is 4.60. The number of nitro groups is 1. The van der Waals surface area contributed by atoms with Crippen LogP contribution in [0.15, 0.2) is 0 Å². The second-order valence-electron chi connectivity index (χ2n) is 4.60. The molecule has 9 heteroatoms. The van der Waals surface area contributed by atoms with Crippen molar-refractivity contribution in [3.63, 3.8) is 0 Å². The maximum atomic E-state index is 11.0. The third-order valence-electron chi connectivity index (χ3n) is 3.14. The smallest absolute Gasteiger partial charge is 0.332 e. The highest BCUT2D eigenvalue weighted by Gasteiger charge is 2.28. The Morgan fingerprint density at radius 1 is 1.53 bits per heavy atom. The zero-order valence-corrected chi connectivity index (χ0v) is 10.5. The zero-order chi connectivity index (χ0) is 14.0. The van der Waals surface area contributed by atoms with E-state index in [0.29, 0.717) is 25.3 Å². The fraction of sp³-hybridized carbons (Fsp3) is 0.600. The zero-order valence-electron chi connectivity index (χ0n) is 10.5. The summed E-state index contributed by atoms with van der Waals surface area (Å²) in [4.78, 5) is 18.3. The van der Waals surface area contributed by atoms with Crippen molar-refractivity contribution in [2.24, 2.45) is 11.8 Å². The number of aliphatic hydroxyl groups excluding tert-OH is 1. The van der Waals surface area contributed by atoms with E-state index in [1.807, 2.05) is 0 Å². The summed E-state index contributed by atoms with van der Waals surface area (Å²) in [5.74, 6) is 5.79. The molecule has 1 aromatic rings. The van der Waals surface area contributed by atoms with E-state index in [4.69, 9.17) is 5.84 Å². The van der Waals surface area contributed by atoms with Gasteiger partial charge in [-0.25, -0.2) is 10.8 Å². The van der Waals surface area contributed by atoms with Crippen LogP contribution in [-0.4, -0.2) is 32.6 Å². The molecule has 0 unspecified atom stereocenters. The number of nitrogens with one attached hydrogen (secondary N) is 2. The van der Waals surface area contributed by atoms with E-state index in [2.05, 4.69) is 20.7 Å². The van der Waals surface area contributed by atoms with Gasteiger partial charge in [0.05, 0.1) is 11.0 Å². The molecular weight excluding hydrogens is 252 g/mol. The number of aryl methyl sites for hydroxylation is 1. The maximum absolute atomic E-state index is 11.0. The fourth-order valence-corrected chi connectivity index (χ4v) is 2.08. The molecule has 9 nitrogen and oxygen atoms in total. The van der Waals surface area contributed by atoms with Crippen molar-refractivity contribution < 1.29 is 10.0 Å². The Balaban J connectivity index is 2.16. The number of aromatic nitrogens is 2. The van der Waals surface area contributed by atoms with Crippen molar-refractivity contribution in [3.8, 4) is 0 Å². The standard InChI is InChI=1S/C10H16N6O3/c1-5-8(16(18)19)9(14-10(13-5)15-11)12-4-6-2-7(17)3-6/h6-7,17H,2-4,11H2,1H3,(H2,12,13,14,15). The van der Waals surface area contributed by atoms with E-state index >= 15 is 0 Å². The number of rotatable bonds is 5. The lowest BCUT2D eigenvalue weighted by Gasteiger charge is -2.31. The molecule has 0 amide bonds. The second kappa shape index (κ2) is 5.33. The van der Waals surface area contributed by atoms with E-state index in [0.717, 1.165) is 0 Å². The highest BCUT2D eigenvalue weighted by molar-refractivity contribution is 5.60. The number of nitrogen functional groups attached to an aromatic ring is 1. The largest absolute Gasteiger partial charge is 0.393 e. The van der Waals surface area contributed by atoms with Crippen molar-refractivity contribution >= 4 is 17.5 Å². The molecule has 1 aromatic heterocycles. The number of hydrogen-bond donors (Lipinski definition) is 4. The van der Waals surface area contributed by atoms with Gasteiger partial charge in [0.2, 0.25) is 11.8 Å². The first kappa shape index (κ1) is 13.4. The SMILES string of the molecule is Cc1nc(NN)nc(NCC2CC(O)C2)c1[N+](=O)[O-]. The molecule has 1 aliphatic rings. The average molecular weight is 268 g/mol. The molecule has 0 atom stereocenters. The average Bonchev–Trinajstić information content (AvgIpc) is 2.31. The Kier molecular flexibility index (Phi) is 3.76. The van der Waals surface area contributed by atoms with Gasteiger partial charge in [-0.05, 0) is 25.7 Å². The summed E-state index contributed by atoms with van der Waals surface area (Å²) in [5, 5.41) is 23.1. The van der Waals surface area contributed by atoms with Crippen LogP contribution in [0.2, 0.25) is 0 Å². The minimum absolute atomic E-state index is 0.124. The van der Waals surface area contributed by atoms with Crippen LogP contribution in [0.4, 0.5) is 17.5 Å². The van der Waals surface area contributed by atoms with Gasteiger partial charge < -0.3 is 10.4 Å². The lowest BCUT2D eigenvalue weighted by Crippen LogP contribution is -2.33. The first-order valence-electron chi connectivity index (χ1n) is 5.92. The summed E-state index contributed by atoms with van der Waals surface area (Å²) < 4.78 is 0. The van der Waals surface area contributed by atoms with Gasteiger partial charge in [-0.15, -0.1) is 0 Å². The molecule has 0 spiro atoms. The van der Waals surface area contributed by atoms with Crippen LogP contribution in [-0.2, 0) is 0 Å². The minimum Gasteiger partial charge on any atom is -0.393 e. The van der Waals surface area contributed by atoms with Gasteiger partial charge in [0.1, 0.15) is 5.69 Å². The molecule has 0 aromatic carbocycles. The van der Waals surface area contributed by atoms with Crippen LogP contribution < -0.4 is 16.6 Å². The van der Waals surface area contributed by atoms with E-state index in [-0.39, 0.29) is 29.3 Å². The predicted molar refractivity (Wildman–Crippen MR) is 68.5 cm³/mol. The normalized spacial score (nSPS) is 21.6. The van der Waals surface area contributed by atoms with Crippen LogP contribution in [0.1, 0.15) is 18.5 Å². The van der Waals surface area contributed by atoms with Crippen molar-refractivity contribution in [2.75, 3.05) is 17.3 Å². The lowest BCUT2D eigenvalue weighted by atomic mass is 9.82. The third-order valence-corrected chi connectivity index (χ3v) is 3.14. The summed E-state index contributed by atoms with van der Waals surface area (Å²) in [7, 11) is 0. The highest BCUT2D eigenvalue weighted by Crippen LogP contribution is 2.30. The molecule has 104 valence electrons. The first-order valence-corrected chi connectivity index (χ1v) is 5.92. The monoisotopic (exact) mass is 268 g/mol. The summed E-state index contributed by atoms with van der Waals surface area (Å²) in [5.41, 5.74) is 2.36. The fourth-order valence-electron chi connectivity index (χ4n) is 2.08. The molecule has 0 bridgehead atoms. The van der Waals surface area contributed by atoms with Crippen LogP contribution in [0.3, 0.4) is 0 Å². The number of anilines is 2. The van der Waals surface area contributed by atoms with Gasteiger partial charge in [0.15, 0.2) is 0 Å². The van der Waals surface area contributed by atoms with E-state index < -0.39 is 4.92 Å². The molecule has 0 saturated heterocycles. The van der Waals surface area contributed by atoms with Crippen molar-refractivity contribution in [2.45, 2.75) is 25.9 Å². The molecule has 5 N–H and O–H groups in total. The Morgan fingerprint density at radius 3 is 2.74 bits per heavy atom. The molecule has 19 heavy (non-hydrogen) atoms. The van der Waals surface area contributed by atoms with E-state index in [9.17, 15) is 15.2 Å². The lowest BCUT2D eigenvalue weighted by molar-refractivity contribution is -0.385. The molecule has 1 saturated carbocycles. The molecule has 0 aliphatic heterocycles. The molecule has 2 rings (SSSR count).